The second-order valence-electron chi connectivity index (χ2n) is 5.45. The lowest BCUT2D eigenvalue weighted by molar-refractivity contribution is -0.137. The van der Waals surface area contributed by atoms with Crippen LogP contribution in [0.1, 0.15) is 21.5 Å². The Balaban J connectivity index is 1.81. The fourth-order valence-electron chi connectivity index (χ4n) is 2.40. The van der Waals surface area contributed by atoms with Gasteiger partial charge in [-0.15, -0.1) is 0 Å². The molecule has 1 aromatic carbocycles. The Hall–Kier alpha value is -3.36. The maximum absolute atomic E-state index is 12.5. The molecule has 0 aliphatic carbocycles. The van der Waals surface area contributed by atoms with Crippen LogP contribution in [0.15, 0.2) is 47.4 Å². The number of aromatic amines is 1. The van der Waals surface area contributed by atoms with Crippen molar-refractivity contribution in [2.75, 3.05) is 0 Å². The molecule has 9 heteroatoms. The number of aromatic nitrogens is 2. The average Bonchev–Trinajstić information content (AvgIpc) is 2.59. The molecule has 0 bridgehead atoms. The summed E-state index contributed by atoms with van der Waals surface area (Å²) < 4.78 is 37.6. The van der Waals surface area contributed by atoms with Crippen LogP contribution in [0.4, 0.5) is 13.2 Å². The van der Waals surface area contributed by atoms with E-state index >= 15 is 0 Å². The van der Waals surface area contributed by atoms with Crippen LogP contribution in [0.25, 0.3) is 11.0 Å². The van der Waals surface area contributed by atoms with Gasteiger partial charge in [-0.1, -0.05) is 12.1 Å². The summed E-state index contributed by atoms with van der Waals surface area (Å²) in [7, 11) is 0. The molecule has 26 heavy (non-hydrogen) atoms. The predicted octanol–water partition coefficient (Wildman–Crippen LogP) is 2.58. The molecule has 3 rings (SSSR count). The van der Waals surface area contributed by atoms with E-state index in [1.165, 1.54) is 30.5 Å². The van der Waals surface area contributed by atoms with Crippen molar-refractivity contribution in [2.24, 2.45) is 0 Å². The van der Waals surface area contributed by atoms with Gasteiger partial charge in [0.1, 0.15) is 17.0 Å². The number of hydrogen-bond donors (Lipinski definition) is 3. The summed E-state index contributed by atoms with van der Waals surface area (Å²) in [5.74, 6) is -1.36. The van der Waals surface area contributed by atoms with E-state index in [9.17, 15) is 27.9 Å². The number of alkyl halides is 3. The monoisotopic (exact) mass is 363 g/mol. The van der Waals surface area contributed by atoms with Crippen molar-refractivity contribution in [2.45, 2.75) is 12.7 Å². The Kier molecular flexibility index (Phi) is 4.37. The maximum atomic E-state index is 12.5. The topological polar surface area (TPSA) is 95.1 Å². The minimum Gasteiger partial charge on any atom is -0.506 e. The third-order valence-electron chi connectivity index (χ3n) is 3.72. The van der Waals surface area contributed by atoms with E-state index in [0.717, 1.165) is 12.1 Å². The van der Waals surface area contributed by atoms with E-state index < -0.39 is 34.5 Å². The summed E-state index contributed by atoms with van der Waals surface area (Å²) in [5, 5.41) is 12.8. The normalized spacial score (nSPS) is 11.5. The SMILES string of the molecule is O=C(NCc1ccc(C(F)(F)F)cc1)c1c(O)c2cccnc2[nH]c1=O. The van der Waals surface area contributed by atoms with E-state index in [-0.39, 0.29) is 17.6 Å². The molecular weight excluding hydrogens is 351 g/mol. The first-order chi connectivity index (χ1) is 12.3. The summed E-state index contributed by atoms with van der Waals surface area (Å²) in [5.41, 5.74) is -1.57. The van der Waals surface area contributed by atoms with Crippen LogP contribution in [0.3, 0.4) is 0 Å². The maximum Gasteiger partial charge on any atom is 0.416 e. The molecule has 6 nitrogen and oxygen atoms in total. The number of pyridine rings is 2. The van der Waals surface area contributed by atoms with Crippen molar-refractivity contribution in [3.63, 3.8) is 0 Å². The molecule has 3 N–H and O–H groups in total. The lowest BCUT2D eigenvalue weighted by Crippen LogP contribution is -2.29. The summed E-state index contributed by atoms with van der Waals surface area (Å²) in [6.07, 6.45) is -3.03. The fraction of sp³-hybridized carbons (Fsp3) is 0.118. The van der Waals surface area contributed by atoms with Crippen LogP contribution < -0.4 is 10.9 Å². The number of H-pyrrole nitrogens is 1. The lowest BCUT2D eigenvalue weighted by atomic mass is 10.1. The van der Waals surface area contributed by atoms with Gasteiger partial charge < -0.3 is 15.4 Å². The number of amides is 1. The van der Waals surface area contributed by atoms with Gasteiger partial charge in [0.2, 0.25) is 0 Å². The van der Waals surface area contributed by atoms with Gasteiger partial charge in [0.25, 0.3) is 11.5 Å². The zero-order valence-electron chi connectivity index (χ0n) is 13.1. The molecule has 134 valence electrons. The number of nitrogens with zero attached hydrogens (tertiary/aromatic N) is 1. The number of halogens is 3. The standard InChI is InChI=1S/C17H12F3N3O3/c18-17(19,20)10-5-3-9(4-6-10)8-22-15(25)12-13(24)11-2-1-7-21-14(11)23-16(12)26/h1-7H,8H2,(H,22,25)(H2,21,23,24,26). The van der Waals surface area contributed by atoms with Crippen LogP contribution in [0.2, 0.25) is 0 Å². The van der Waals surface area contributed by atoms with Gasteiger partial charge in [0.15, 0.2) is 0 Å². The first kappa shape index (κ1) is 17.5. The molecule has 0 saturated heterocycles. The number of carbonyl (C=O) groups is 1. The molecule has 0 fully saturated rings. The lowest BCUT2D eigenvalue weighted by Gasteiger charge is -2.10. The van der Waals surface area contributed by atoms with Crippen molar-refractivity contribution < 1.29 is 23.1 Å². The quantitative estimate of drug-likeness (QED) is 0.667. The molecule has 0 unspecified atom stereocenters. The van der Waals surface area contributed by atoms with Crippen molar-refractivity contribution >= 4 is 16.9 Å². The second-order valence-corrected chi connectivity index (χ2v) is 5.45. The van der Waals surface area contributed by atoms with Crippen LogP contribution >= 0.6 is 0 Å². The van der Waals surface area contributed by atoms with Gasteiger partial charge in [-0.2, -0.15) is 13.2 Å². The first-order valence-electron chi connectivity index (χ1n) is 7.41. The number of aromatic hydroxyl groups is 1. The highest BCUT2D eigenvalue weighted by atomic mass is 19.4. The zero-order chi connectivity index (χ0) is 18.9. The molecular formula is C17H12F3N3O3. The molecule has 0 aliphatic rings. The Morgan fingerprint density at radius 1 is 1.19 bits per heavy atom. The van der Waals surface area contributed by atoms with Gasteiger partial charge in [-0.05, 0) is 29.8 Å². The van der Waals surface area contributed by atoms with E-state index in [2.05, 4.69) is 15.3 Å². The third-order valence-corrected chi connectivity index (χ3v) is 3.72. The molecule has 0 aliphatic heterocycles. The summed E-state index contributed by atoms with van der Waals surface area (Å²) in [6.45, 7) is -0.110. The highest BCUT2D eigenvalue weighted by molar-refractivity contribution is 6.01. The van der Waals surface area contributed by atoms with Crippen molar-refractivity contribution in [1.29, 1.82) is 0 Å². The summed E-state index contributed by atoms with van der Waals surface area (Å²) in [4.78, 5) is 30.5. The third kappa shape index (κ3) is 3.37. The zero-order valence-corrected chi connectivity index (χ0v) is 13.1. The Bertz CT molecular complexity index is 1030. The van der Waals surface area contributed by atoms with E-state index in [0.29, 0.717) is 5.56 Å². The molecule has 2 aromatic heterocycles. The molecule has 0 radical (unpaired) electrons. The van der Waals surface area contributed by atoms with Gasteiger partial charge in [0, 0.05) is 12.7 Å². The van der Waals surface area contributed by atoms with E-state index in [1.54, 1.807) is 0 Å². The molecule has 1 amide bonds. The molecule has 0 atom stereocenters. The Labute approximate surface area is 144 Å². The van der Waals surface area contributed by atoms with E-state index in [1.807, 2.05) is 0 Å². The predicted molar refractivity (Wildman–Crippen MR) is 86.6 cm³/mol. The van der Waals surface area contributed by atoms with Crippen molar-refractivity contribution in [3.8, 4) is 5.75 Å². The van der Waals surface area contributed by atoms with Crippen molar-refractivity contribution in [3.05, 3.63) is 69.6 Å². The summed E-state index contributed by atoms with van der Waals surface area (Å²) in [6, 6.07) is 7.25. The first-order valence-corrected chi connectivity index (χ1v) is 7.41. The highest BCUT2D eigenvalue weighted by Crippen LogP contribution is 2.29. The minimum atomic E-state index is -4.44. The van der Waals surface area contributed by atoms with Crippen LogP contribution in [0, 0.1) is 0 Å². The number of benzene rings is 1. The highest BCUT2D eigenvalue weighted by Gasteiger charge is 2.30. The Morgan fingerprint density at radius 3 is 2.54 bits per heavy atom. The largest absolute Gasteiger partial charge is 0.506 e. The molecule has 0 spiro atoms. The van der Waals surface area contributed by atoms with Crippen LogP contribution in [-0.2, 0) is 12.7 Å². The minimum absolute atomic E-state index is 0.110. The number of hydrogen-bond acceptors (Lipinski definition) is 4. The molecule has 0 saturated carbocycles. The van der Waals surface area contributed by atoms with E-state index in [4.69, 9.17) is 0 Å². The van der Waals surface area contributed by atoms with Gasteiger partial charge in [-0.3, -0.25) is 9.59 Å². The number of nitrogens with one attached hydrogen (secondary N) is 2. The molecule has 3 aromatic rings. The summed E-state index contributed by atoms with van der Waals surface area (Å²) >= 11 is 0. The van der Waals surface area contributed by atoms with Crippen molar-refractivity contribution in [1.82, 2.24) is 15.3 Å². The van der Waals surface area contributed by atoms with Gasteiger partial charge >= 0.3 is 6.18 Å². The van der Waals surface area contributed by atoms with Gasteiger partial charge in [-0.25, -0.2) is 4.98 Å². The molecule has 2 heterocycles. The Morgan fingerprint density at radius 2 is 1.88 bits per heavy atom. The number of carbonyl (C=O) groups excluding carboxylic acids is 1. The number of fused-ring (bicyclic) bond motifs is 1. The van der Waals surface area contributed by atoms with Crippen LogP contribution in [0.5, 0.6) is 5.75 Å². The van der Waals surface area contributed by atoms with Gasteiger partial charge in [0.05, 0.1) is 10.9 Å². The smallest absolute Gasteiger partial charge is 0.416 e. The fourth-order valence-corrected chi connectivity index (χ4v) is 2.40. The second kappa shape index (κ2) is 6.51. The number of rotatable bonds is 3. The average molecular weight is 363 g/mol. The van der Waals surface area contributed by atoms with Crippen LogP contribution in [-0.4, -0.2) is 21.0 Å².